The van der Waals surface area contributed by atoms with E-state index in [0.717, 1.165) is 25.0 Å². The topological polar surface area (TPSA) is 79.0 Å². The quantitative estimate of drug-likeness (QED) is 0.728. The zero-order valence-electron chi connectivity index (χ0n) is 16.7. The van der Waals surface area contributed by atoms with Crippen LogP contribution in [0.4, 0.5) is 19.1 Å². The van der Waals surface area contributed by atoms with E-state index >= 15 is 0 Å². The lowest BCUT2D eigenvalue weighted by Gasteiger charge is -2.35. The van der Waals surface area contributed by atoms with Gasteiger partial charge in [-0.3, -0.25) is 0 Å². The van der Waals surface area contributed by atoms with Gasteiger partial charge in [0.05, 0.1) is 11.6 Å². The number of rotatable bonds is 5. The summed E-state index contributed by atoms with van der Waals surface area (Å²) in [6.45, 7) is 5.21. The molecule has 1 aromatic heterocycles. The summed E-state index contributed by atoms with van der Waals surface area (Å²) in [5.74, 6) is 1.11. The van der Waals surface area contributed by atoms with E-state index < -0.39 is 11.7 Å². The van der Waals surface area contributed by atoms with Gasteiger partial charge in [-0.15, -0.1) is 5.10 Å². The Morgan fingerprint density at radius 2 is 1.93 bits per heavy atom. The molecule has 7 nitrogen and oxygen atoms in total. The third-order valence-electron chi connectivity index (χ3n) is 5.73. The minimum absolute atomic E-state index is 0.0491. The fourth-order valence-electron chi connectivity index (χ4n) is 4.31. The van der Waals surface area contributed by atoms with Crippen LogP contribution in [0.2, 0.25) is 0 Å². The molecule has 4 rings (SSSR count). The highest BCUT2D eigenvalue weighted by atomic mass is 19.4. The monoisotopic (exact) mass is 420 g/mol. The Labute approximate surface area is 172 Å². The second kappa shape index (κ2) is 7.70. The van der Waals surface area contributed by atoms with Crippen LogP contribution in [0, 0.1) is 23.3 Å². The van der Waals surface area contributed by atoms with Gasteiger partial charge in [0.1, 0.15) is 5.75 Å². The molecule has 0 amide bonds. The molecular formula is C20H23F3N6O. The Bertz CT molecular complexity index is 937. The van der Waals surface area contributed by atoms with Crippen LogP contribution in [0.3, 0.4) is 0 Å². The van der Waals surface area contributed by atoms with Crippen LogP contribution < -0.4 is 10.1 Å². The van der Waals surface area contributed by atoms with E-state index in [4.69, 9.17) is 4.74 Å². The number of ether oxygens (including phenoxy) is 1. The minimum Gasteiger partial charge on any atom is -0.424 e. The van der Waals surface area contributed by atoms with Gasteiger partial charge in [-0.1, -0.05) is 6.07 Å². The molecule has 2 aromatic rings. The Morgan fingerprint density at radius 1 is 1.23 bits per heavy atom. The van der Waals surface area contributed by atoms with Gasteiger partial charge in [0, 0.05) is 19.1 Å². The maximum atomic E-state index is 13.0. The molecule has 2 aliphatic rings. The van der Waals surface area contributed by atoms with Crippen molar-refractivity contribution < 1.29 is 17.9 Å². The highest BCUT2D eigenvalue weighted by Crippen LogP contribution is 2.38. The summed E-state index contributed by atoms with van der Waals surface area (Å²) >= 11 is 0. The second-order valence-electron chi connectivity index (χ2n) is 8.16. The Morgan fingerprint density at radius 3 is 2.53 bits per heavy atom. The SMILES string of the molecule is CC(C)n1nc(N[C@@H]2[C@@H]3CC[C@H]2CN(C#N)C3)nc1Oc1cccc(C(F)(F)F)c1. The van der Waals surface area contributed by atoms with E-state index in [0.29, 0.717) is 30.9 Å². The van der Waals surface area contributed by atoms with Gasteiger partial charge in [0.2, 0.25) is 5.95 Å². The summed E-state index contributed by atoms with van der Waals surface area (Å²) in [5, 5.41) is 17.0. The first-order valence-electron chi connectivity index (χ1n) is 9.97. The molecule has 10 heteroatoms. The van der Waals surface area contributed by atoms with Crippen molar-refractivity contribution in [2.45, 2.75) is 44.9 Å². The Kier molecular flexibility index (Phi) is 5.22. The molecule has 2 heterocycles. The summed E-state index contributed by atoms with van der Waals surface area (Å²) in [5.41, 5.74) is -0.783. The molecule has 3 atom stereocenters. The molecule has 1 N–H and O–H groups in total. The predicted molar refractivity (Wildman–Crippen MR) is 103 cm³/mol. The van der Waals surface area contributed by atoms with Crippen LogP contribution in [-0.4, -0.2) is 38.8 Å². The molecule has 1 saturated carbocycles. The summed E-state index contributed by atoms with van der Waals surface area (Å²) in [6, 6.07) is 4.91. The highest BCUT2D eigenvalue weighted by Gasteiger charge is 2.42. The highest BCUT2D eigenvalue weighted by molar-refractivity contribution is 5.34. The van der Waals surface area contributed by atoms with Gasteiger partial charge in [0.25, 0.3) is 0 Å². The number of anilines is 1. The van der Waals surface area contributed by atoms with Crippen molar-refractivity contribution in [3.63, 3.8) is 0 Å². The van der Waals surface area contributed by atoms with E-state index in [1.54, 1.807) is 9.58 Å². The van der Waals surface area contributed by atoms with E-state index in [1.165, 1.54) is 12.1 Å². The van der Waals surface area contributed by atoms with Gasteiger partial charge in [-0.05, 0) is 56.7 Å². The van der Waals surface area contributed by atoms with Gasteiger partial charge in [-0.2, -0.15) is 23.4 Å². The zero-order valence-corrected chi connectivity index (χ0v) is 16.7. The van der Waals surface area contributed by atoms with Crippen molar-refractivity contribution in [1.29, 1.82) is 5.26 Å². The van der Waals surface area contributed by atoms with Crippen molar-refractivity contribution in [3.8, 4) is 18.0 Å². The van der Waals surface area contributed by atoms with E-state index in [1.807, 2.05) is 13.8 Å². The van der Waals surface area contributed by atoms with Gasteiger partial charge in [-0.25, -0.2) is 4.68 Å². The summed E-state index contributed by atoms with van der Waals surface area (Å²) in [6.07, 6.45) is -0.138. The lowest BCUT2D eigenvalue weighted by molar-refractivity contribution is -0.137. The Balaban J connectivity index is 1.54. The molecule has 0 radical (unpaired) electrons. The number of likely N-dealkylation sites (tertiary alicyclic amines) is 1. The number of aromatic nitrogens is 3. The largest absolute Gasteiger partial charge is 0.424 e. The first-order chi connectivity index (χ1) is 14.2. The maximum absolute atomic E-state index is 13.0. The van der Waals surface area contributed by atoms with Crippen molar-refractivity contribution in [1.82, 2.24) is 19.7 Å². The normalized spacial score (nSPS) is 23.5. The smallest absolute Gasteiger partial charge is 0.416 e. The number of hydrogen-bond donors (Lipinski definition) is 1. The first kappa shape index (κ1) is 20.3. The van der Waals surface area contributed by atoms with Crippen molar-refractivity contribution in [3.05, 3.63) is 29.8 Å². The molecule has 30 heavy (non-hydrogen) atoms. The number of fused-ring (bicyclic) bond motifs is 2. The van der Waals surface area contributed by atoms with E-state index in [9.17, 15) is 18.4 Å². The third kappa shape index (κ3) is 4.01. The number of nitrogens with one attached hydrogen (secondary N) is 1. The van der Waals surface area contributed by atoms with Crippen LogP contribution in [-0.2, 0) is 6.18 Å². The lowest BCUT2D eigenvalue weighted by atomic mass is 9.92. The average Bonchev–Trinajstić information content (AvgIpc) is 3.18. The minimum atomic E-state index is -4.45. The molecule has 2 fully saturated rings. The molecule has 0 unspecified atom stereocenters. The van der Waals surface area contributed by atoms with Crippen LogP contribution in [0.5, 0.6) is 11.8 Å². The average molecular weight is 420 g/mol. The molecular weight excluding hydrogens is 397 g/mol. The molecule has 1 aromatic carbocycles. The number of nitrogens with zero attached hydrogens (tertiary/aromatic N) is 5. The van der Waals surface area contributed by atoms with Crippen LogP contribution in [0.25, 0.3) is 0 Å². The number of hydrogen-bond acceptors (Lipinski definition) is 6. The lowest BCUT2D eigenvalue weighted by Crippen LogP contribution is -2.46. The van der Waals surface area contributed by atoms with Crippen LogP contribution in [0.15, 0.2) is 24.3 Å². The van der Waals surface area contributed by atoms with Crippen LogP contribution in [0.1, 0.15) is 38.3 Å². The molecule has 1 saturated heterocycles. The van der Waals surface area contributed by atoms with Gasteiger partial charge >= 0.3 is 12.2 Å². The summed E-state index contributed by atoms with van der Waals surface area (Å²) < 4.78 is 46.2. The molecule has 0 spiro atoms. The number of halogens is 3. The third-order valence-corrected chi connectivity index (χ3v) is 5.73. The van der Waals surface area contributed by atoms with E-state index in [2.05, 4.69) is 21.6 Å². The fourth-order valence-corrected chi connectivity index (χ4v) is 4.31. The predicted octanol–water partition coefficient (Wildman–Crippen LogP) is 4.27. The molecule has 1 aliphatic carbocycles. The van der Waals surface area contributed by atoms with Gasteiger partial charge < -0.3 is 15.0 Å². The fraction of sp³-hybridized carbons (Fsp3) is 0.550. The van der Waals surface area contributed by atoms with E-state index in [-0.39, 0.29) is 23.8 Å². The number of piperidine rings is 1. The maximum Gasteiger partial charge on any atom is 0.416 e. The summed E-state index contributed by atoms with van der Waals surface area (Å²) in [4.78, 5) is 6.20. The molecule has 1 aliphatic heterocycles. The van der Waals surface area contributed by atoms with Crippen molar-refractivity contribution in [2.75, 3.05) is 18.4 Å². The number of benzene rings is 1. The second-order valence-corrected chi connectivity index (χ2v) is 8.16. The first-order valence-corrected chi connectivity index (χ1v) is 9.97. The standard InChI is InChI=1S/C20H23F3N6O/c1-12(2)29-19(30-16-5-3-4-15(8-16)20(21,22)23)26-18(27-29)25-17-13-6-7-14(17)10-28(9-13)11-24/h3-5,8,12-14,17H,6-7,9-10H2,1-2H3,(H,25,27)/t13-,14+,17-. The van der Waals surface area contributed by atoms with Crippen molar-refractivity contribution >= 4 is 5.95 Å². The zero-order chi connectivity index (χ0) is 21.5. The molecule has 2 bridgehead atoms. The number of nitriles is 1. The van der Waals surface area contributed by atoms with Crippen LogP contribution >= 0.6 is 0 Å². The summed E-state index contributed by atoms with van der Waals surface area (Å²) in [7, 11) is 0. The Hall–Kier alpha value is -2.96. The van der Waals surface area contributed by atoms with Gasteiger partial charge in [0.15, 0.2) is 6.19 Å². The molecule has 160 valence electrons. The number of alkyl halides is 3. The van der Waals surface area contributed by atoms with Crippen molar-refractivity contribution in [2.24, 2.45) is 11.8 Å².